The number of hydrogen-bond donors (Lipinski definition) is 1. The molecule has 0 aliphatic carbocycles. The molecule has 1 aromatic rings. The Morgan fingerprint density at radius 1 is 1.45 bits per heavy atom. The van der Waals surface area contributed by atoms with Crippen LogP contribution in [-0.2, 0) is 17.8 Å². The summed E-state index contributed by atoms with van der Waals surface area (Å²) in [5.41, 5.74) is 7.79. The Kier molecular flexibility index (Phi) is 5.87. The number of carbonyl (C=O) groups excluding carboxylic acids is 1. The molecule has 2 N–H and O–H groups in total. The van der Waals surface area contributed by atoms with Crippen LogP contribution in [0.2, 0.25) is 5.02 Å². The van der Waals surface area contributed by atoms with Gasteiger partial charge in [0.2, 0.25) is 5.91 Å². The summed E-state index contributed by atoms with van der Waals surface area (Å²) in [5.74, 6) is 0.0416. The van der Waals surface area contributed by atoms with Gasteiger partial charge in [-0.05, 0) is 43.0 Å². The third-order valence-corrected chi connectivity index (χ3v) is 3.96. The molecule has 1 atom stereocenters. The van der Waals surface area contributed by atoms with Crippen molar-refractivity contribution in [1.29, 1.82) is 0 Å². The van der Waals surface area contributed by atoms with Gasteiger partial charge in [0.05, 0.1) is 5.54 Å². The standard InChI is InChI=1S/C15H21ClN2O.ClH/c1-3-7-15(2,17)14(19)18-8-6-11-4-5-13(16)9-12(11)10-18;/h4-5,9H,3,6-8,10,17H2,1-2H3;1H. The van der Waals surface area contributed by atoms with E-state index >= 15 is 0 Å². The average Bonchev–Trinajstić information content (AvgIpc) is 2.36. The Hall–Kier alpha value is -0.770. The summed E-state index contributed by atoms with van der Waals surface area (Å²) >= 11 is 6.02. The highest BCUT2D eigenvalue weighted by molar-refractivity contribution is 6.30. The van der Waals surface area contributed by atoms with E-state index in [0.29, 0.717) is 13.0 Å². The van der Waals surface area contributed by atoms with Gasteiger partial charge in [-0.2, -0.15) is 0 Å². The molecule has 1 aliphatic heterocycles. The zero-order valence-electron chi connectivity index (χ0n) is 12.0. The van der Waals surface area contributed by atoms with Crippen LogP contribution >= 0.6 is 24.0 Å². The molecular formula is C15H22Cl2N2O. The Labute approximate surface area is 131 Å². The van der Waals surface area contributed by atoms with Crippen LogP contribution in [0.3, 0.4) is 0 Å². The molecule has 0 fully saturated rings. The fourth-order valence-electron chi connectivity index (χ4n) is 2.69. The minimum Gasteiger partial charge on any atom is -0.336 e. The van der Waals surface area contributed by atoms with Crippen molar-refractivity contribution >= 4 is 29.9 Å². The van der Waals surface area contributed by atoms with Crippen molar-refractivity contribution in [2.45, 2.75) is 45.2 Å². The van der Waals surface area contributed by atoms with E-state index in [0.717, 1.165) is 30.0 Å². The van der Waals surface area contributed by atoms with Gasteiger partial charge in [0.1, 0.15) is 0 Å². The number of amides is 1. The van der Waals surface area contributed by atoms with Gasteiger partial charge in [-0.1, -0.05) is 31.0 Å². The number of benzene rings is 1. The molecule has 1 unspecified atom stereocenters. The van der Waals surface area contributed by atoms with Crippen molar-refractivity contribution in [3.05, 3.63) is 34.3 Å². The SMILES string of the molecule is CCCC(C)(N)C(=O)N1CCc2ccc(Cl)cc2C1.Cl. The maximum absolute atomic E-state index is 12.5. The molecule has 1 aliphatic rings. The molecule has 1 aromatic carbocycles. The molecule has 20 heavy (non-hydrogen) atoms. The van der Waals surface area contributed by atoms with Crippen molar-refractivity contribution in [2.75, 3.05) is 6.54 Å². The van der Waals surface area contributed by atoms with Gasteiger partial charge in [0.15, 0.2) is 0 Å². The summed E-state index contributed by atoms with van der Waals surface area (Å²) in [6, 6.07) is 5.90. The van der Waals surface area contributed by atoms with Gasteiger partial charge in [-0.3, -0.25) is 4.79 Å². The third kappa shape index (κ3) is 3.66. The van der Waals surface area contributed by atoms with Crippen LogP contribution in [0, 0.1) is 0 Å². The van der Waals surface area contributed by atoms with Crippen molar-refractivity contribution in [3.8, 4) is 0 Å². The molecule has 0 saturated carbocycles. The van der Waals surface area contributed by atoms with E-state index in [1.165, 1.54) is 5.56 Å². The van der Waals surface area contributed by atoms with Crippen LogP contribution in [0.4, 0.5) is 0 Å². The lowest BCUT2D eigenvalue weighted by Gasteiger charge is -2.35. The first kappa shape index (κ1) is 17.3. The lowest BCUT2D eigenvalue weighted by Crippen LogP contribution is -2.54. The van der Waals surface area contributed by atoms with Gasteiger partial charge >= 0.3 is 0 Å². The predicted molar refractivity (Wildman–Crippen MR) is 85.3 cm³/mol. The molecule has 5 heteroatoms. The Morgan fingerprint density at radius 3 is 2.80 bits per heavy atom. The van der Waals surface area contributed by atoms with Crippen molar-refractivity contribution in [1.82, 2.24) is 4.90 Å². The Bertz CT molecular complexity index is 489. The first-order valence-corrected chi connectivity index (χ1v) is 7.17. The van der Waals surface area contributed by atoms with Crippen LogP contribution in [0.25, 0.3) is 0 Å². The second kappa shape index (κ2) is 6.79. The van der Waals surface area contributed by atoms with Gasteiger partial charge in [-0.25, -0.2) is 0 Å². The summed E-state index contributed by atoms with van der Waals surface area (Å²) in [5, 5.41) is 0.720. The highest BCUT2D eigenvalue weighted by Crippen LogP contribution is 2.24. The number of halogens is 2. The monoisotopic (exact) mass is 316 g/mol. The molecule has 2 rings (SSSR count). The highest BCUT2D eigenvalue weighted by atomic mass is 35.5. The third-order valence-electron chi connectivity index (χ3n) is 3.73. The van der Waals surface area contributed by atoms with Gasteiger partial charge in [0, 0.05) is 18.1 Å². The van der Waals surface area contributed by atoms with Crippen molar-refractivity contribution in [3.63, 3.8) is 0 Å². The Balaban J connectivity index is 0.00000200. The second-order valence-electron chi connectivity index (χ2n) is 5.56. The molecular weight excluding hydrogens is 295 g/mol. The quantitative estimate of drug-likeness (QED) is 0.931. The molecule has 0 bridgehead atoms. The van der Waals surface area contributed by atoms with E-state index in [1.807, 2.05) is 36.9 Å². The van der Waals surface area contributed by atoms with Gasteiger partial charge < -0.3 is 10.6 Å². The zero-order valence-corrected chi connectivity index (χ0v) is 13.6. The van der Waals surface area contributed by atoms with Crippen LogP contribution < -0.4 is 5.73 Å². The molecule has 0 radical (unpaired) electrons. The number of hydrogen-bond acceptors (Lipinski definition) is 2. The molecule has 3 nitrogen and oxygen atoms in total. The summed E-state index contributed by atoms with van der Waals surface area (Å²) < 4.78 is 0. The first-order valence-electron chi connectivity index (χ1n) is 6.79. The average molecular weight is 317 g/mol. The summed E-state index contributed by atoms with van der Waals surface area (Å²) in [6.45, 7) is 5.23. The highest BCUT2D eigenvalue weighted by Gasteiger charge is 2.33. The summed E-state index contributed by atoms with van der Waals surface area (Å²) in [6.07, 6.45) is 2.50. The molecule has 1 heterocycles. The minimum absolute atomic E-state index is 0. The zero-order chi connectivity index (χ0) is 14.0. The molecule has 0 aromatic heterocycles. The van der Waals surface area contributed by atoms with E-state index in [-0.39, 0.29) is 18.3 Å². The number of fused-ring (bicyclic) bond motifs is 1. The number of rotatable bonds is 3. The van der Waals surface area contributed by atoms with Gasteiger partial charge in [-0.15, -0.1) is 12.4 Å². The fraction of sp³-hybridized carbons (Fsp3) is 0.533. The van der Waals surface area contributed by atoms with Crippen molar-refractivity contribution < 1.29 is 4.79 Å². The number of carbonyl (C=O) groups is 1. The lowest BCUT2D eigenvalue weighted by molar-refractivity contribution is -0.137. The van der Waals surface area contributed by atoms with E-state index in [2.05, 4.69) is 0 Å². The topological polar surface area (TPSA) is 46.3 Å². The minimum atomic E-state index is -0.759. The lowest BCUT2D eigenvalue weighted by atomic mass is 9.93. The Morgan fingerprint density at radius 2 is 2.15 bits per heavy atom. The largest absolute Gasteiger partial charge is 0.336 e. The molecule has 0 saturated heterocycles. The fourth-order valence-corrected chi connectivity index (χ4v) is 2.88. The van der Waals surface area contributed by atoms with Crippen molar-refractivity contribution in [2.24, 2.45) is 5.73 Å². The maximum Gasteiger partial charge on any atom is 0.242 e. The van der Waals surface area contributed by atoms with E-state index in [1.54, 1.807) is 0 Å². The van der Waals surface area contributed by atoms with Crippen LogP contribution in [0.5, 0.6) is 0 Å². The molecule has 1 amide bonds. The number of nitrogens with zero attached hydrogens (tertiary/aromatic N) is 1. The summed E-state index contributed by atoms with van der Waals surface area (Å²) in [4.78, 5) is 14.3. The molecule has 0 spiro atoms. The van der Waals surface area contributed by atoms with E-state index in [9.17, 15) is 4.79 Å². The van der Waals surface area contributed by atoms with E-state index < -0.39 is 5.54 Å². The number of nitrogens with two attached hydrogens (primary N) is 1. The second-order valence-corrected chi connectivity index (χ2v) is 5.99. The van der Waals surface area contributed by atoms with Crippen LogP contribution in [0.1, 0.15) is 37.8 Å². The predicted octanol–water partition coefficient (Wildman–Crippen LogP) is 3.16. The van der Waals surface area contributed by atoms with E-state index in [4.69, 9.17) is 17.3 Å². The van der Waals surface area contributed by atoms with Crippen LogP contribution in [0.15, 0.2) is 18.2 Å². The maximum atomic E-state index is 12.5. The normalized spacial score (nSPS) is 16.9. The smallest absolute Gasteiger partial charge is 0.242 e. The van der Waals surface area contributed by atoms with Gasteiger partial charge in [0.25, 0.3) is 0 Å². The van der Waals surface area contributed by atoms with Crippen LogP contribution in [-0.4, -0.2) is 22.9 Å². The first-order chi connectivity index (χ1) is 8.94. The molecule has 112 valence electrons. The summed E-state index contributed by atoms with van der Waals surface area (Å²) in [7, 11) is 0.